The van der Waals surface area contributed by atoms with Crippen LogP contribution in [0.4, 0.5) is 4.79 Å². The maximum atomic E-state index is 12.1. The normalized spacial score (nSPS) is 13.6. The summed E-state index contributed by atoms with van der Waals surface area (Å²) in [5.41, 5.74) is 1.68. The van der Waals surface area contributed by atoms with Gasteiger partial charge in [-0.3, -0.25) is 4.98 Å². The van der Waals surface area contributed by atoms with E-state index in [4.69, 9.17) is 9.26 Å². The highest BCUT2D eigenvalue weighted by Crippen LogP contribution is 2.24. The van der Waals surface area contributed by atoms with E-state index < -0.39 is 0 Å². The quantitative estimate of drug-likeness (QED) is 0.862. The second-order valence-electron chi connectivity index (χ2n) is 5.36. The van der Waals surface area contributed by atoms with E-state index in [9.17, 15) is 4.79 Å². The van der Waals surface area contributed by atoms with Crippen molar-refractivity contribution in [2.75, 3.05) is 20.6 Å². The van der Waals surface area contributed by atoms with Gasteiger partial charge in [-0.05, 0) is 12.1 Å². The molecule has 0 radical (unpaired) electrons. The highest BCUT2D eigenvalue weighted by Gasteiger charge is 2.27. The lowest BCUT2D eigenvalue weighted by Crippen LogP contribution is -2.42. The van der Waals surface area contributed by atoms with E-state index in [1.54, 1.807) is 36.3 Å². The van der Waals surface area contributed by atoms with E-state index in [2.05, 4.69) is 10.1 Å². The maximum absolute atomic E-state index is 12.1. The van der Waals surface area contributed by atoms with Gasteiger partial charge in [0.1, 0.15) is 23.8 Å². The van der Waals surface area contributed by atoms with Gasteiger partial charge in [0.05, 0.1) is 12.7 Å². The average molecular weight is 302 g/mol. The predicted molar refractivity (Wildman–Crippen MR) is 78.3 cm³/mol. The molecule has 2 amide bonds. The molecule has 3 heterocycles. The van der Waals surface area contributed by atoms with E-state index >= 15 is 0 Å². The number of pyridine rings is 1. The van der Waals surface area contributed by atoms with Crippen molar-refractivity contribution in [1.82, 2.24) is 19.9 Å². The lowest BCUT2D eigenvalue weighted by atomic mass is 10.1. The van der Waals surface area contributed by atoms with Gasteiger partial charge < -0.3 is 19.1 Å². The summed E-state index contributed by atoms with van der Waals surface area (Å²) < 4.78 is 11.0. The minimum atomic E-state index is -0.00835. The number of urea groups is 1. The smallest absolute Gasteiger partial charge is 0.319 e. The van der Waals surface area contributed by atoms with Gasteiger partial charge in [-0.2, -0.15) is 0 Å². The first-order valence-corrected chi connectivity index (χ1v) is 7.10. The number of hydrogen-bond donors (Lipinski definition) is 0. The summed E-state index contributed by atoms with van der Waals surface area (Å²) >= 11 is 0. The summed E-state index contributed by atoms with van der Waals surface area (Å²) in [6.07, 6.45) is 4.01. The highest BCUT2D eigenvalue weighted by molar-refractivity contribution is 5.74. The minimum Gasteiger partial charge on any atom is -0.486 e. The van der Waals surface area contributed by atoms with Crippen LogP contribution < -0.4 is 4.74 Å². The zero-order valence-electron chi connectivity index (χ0n) is 12.7. The number of aromatic nitrogens is 2. The van der Waals surface area contributed by atoms with E-state index in [1.165, 1.54) is 0 Å². The number of carbonyl (C=O) groups is 1. The van der Waals surface area contributed by atoms with Crippen LogP contribution in [0.25, 0.3) is 0 Å². The molecule has 1 aliphatic rings. The Hall–Kier alpha value is -2.57. The van der Waals surface area contributed by atoms with Crippen molar-refractivity contribution >= 4 is 6.03 Å². The number of fused-ring (bicyclic) bond motifs is 1. The van der Waals surface area contributed by atoms with Crippen molar-refractivity contribution < 1.29 is 14.1 Å². The van der Waals surface area contributed by atoms with E-state index in [-0.39, 0.29) is 6.03 Å². The Balaban J connectivity index is 1.71. The van der Waals surface area contributed by atoms with Crippen LogP contribution in [0.15, 0.2) is 29.0 Å². The first kappa shape index (κ1) is 14.4. The number of hydrogen-bond acceptors (Lipinski definition) is 5. The fourth-order valence-electron chi connectivity index (χ4n) is 2.41. The van der Waals surface area contributed by atoms with Gasteiger partial charge in [0.2, 0.25) is 0 Å². The zero-order valence-corrected chi connectivity index (χ0v) is 12.7. The van der Waals surface area contributed by atoms with Gasteiger partial charge in [0.15, 0.2) is 0 Å². The van der Waals surface area contributed by atoms with Crippen LogP contribution >= 0.6 is 0 Å². The largest absolute Gasteiger partial charge is 0.486 e. The first-order chi connectivity index (χ1) is 10.6. The molecule has 0 bridgehead atoms. The van der Waals surface area contributed by atoms with Gasteiger partial charge in [-0.25, -0.2) is 4.79 Å². The Bertz CT molecular complexity index is 654. The molecule has 7 nitrogen and oxygen atoms in total. The minimum absolute atomic E-state index is 0.00835. The number of amides is 2. The Labute approximate surface area is 128 Å². The van der Waals surface area contributed by atoms with Crippen LogP contribution in [-0.2, 0) is 19.6 Å². The van der Waals surface area contributed by atoms with Crippen LogP contribution in [0.3, 0.4) is 0 Å². The Kier molecular flexibility index (Phi) is 3.95. The van der Waals surface area contributed by atoms with Crippen molar-refractivity contribution in [3.63, 3.8) is 0 Å². The molecule has 7 heteroatoms. The van der Waals surface area contributed by atoms with E-state index in [1.807, 2.05) is 12.1 Å². The second kappa shape index (κ2) is 6.05. The Morgan fingerprint density at radius 1 is 1.50 bits per heavy atom. The molecule has 3 rings (SSSR count). The van der Waals surface area contributed by atoms with Crippen molar-refractivity contribution in [2.24, 2.45) is 0 Å². The lowest BCUT2D eigenvalue weighted by molar-refractivity contribution is 0.162. The van der Waals surface area contributed by atoms with Gasteiger partial charge in [0.25, 0.3) is 0 Å². The molecule has 0 aromatic carbocycles. The van der Waals surface area contributed by atoms with Crippen molar-refractivity contribution in [1.29, 1.82) is 0 Å². The third-order valence-corrected chi connectivity index (χ3v) is 3.57. The van der Waals surface area contributed by atoms with Gasteiger partial charge >= 0.3 is 6.03 Å². The third-order valence-electron chi connectivity index (χ3n) is 3.57. The number of ether oxygens (including phenoxy) is 1. The summed E-state index contributed by atoms with van der Waals surface area (Å²) in [4.78, 5) is 19.4. The topological polar surface area (TPSA) is 71.7 Å². The van der Waals surface area contributed by atoms with Crippen LogP contribution in [0.1, 0.15) is 17.0 Å². The van der Waals surface area contributed by atoms with Crippen LogP contribution in [0, 0.1) is 0 Å². The molecule has 0 aliphatic carbocycles. The Morgan fingerprint density at radius 3 is 3.09 bits per heavy atom. The van der Waals surface area contributed by atoms with Crippen molar-refractivity contribution in [2.45, 2.75) is 19.6 Å². The SMILES string of the molecule is CN(C)C(=O)N1CCc2onc(COc3cccnc3)c2C1. The summed E-state index contributed by atoms with van der Waals surface area (Å²) in [7, 11) is 3.50. The molecule has 0 unspecified atom stereocenters. The van der Waals surface area contributed by atoms with Crippen LogP contribution in [0.5, 0.6) is 5.75 Å². The molecule has 0 N–H and O–H groups in total. The molecule has 0 fully saturated rings. The summed E-state index contributed by atoms with van der Waals surface area (Å²) in [5.74, 6) is 1.52. The number of carbonyl (C=O) groups excluding carboxylic acids is 1. The molecule has 0 saturated heterocycles. The van der Waals surface area contributed by atoms with Gasteiger partial charge in [-0.15, -0.1) is 0 Å². The van der Waals surface area contributed by atoms with Crippen molar-refractivity contribution in [3.8, 4) is 5.75 Å². The number of nitrogens with zero attached hydrogens (tertiary/aromatic N) is 4. The molecule has 0 atom stereocenters. The van der Waals surface area contributed by atoms with E-state index in [0.717, 1.165) is 17.0 Å². The molecule has 116 valence electrons. The standard InChI is InChI=1S/C15H18N4O3/c1-18(2)15(20)19-7-5-14-12(9-19)13(17-22-14)10-21-11-4-3-6-16-8-11/h3-4,6,8H,5,7,9-10H2,1-2H3. The monoisotopic (exact) mass is 302 g/mol. The number of rotatable bonds is 3. The highest BCUT2D eigenvalue weighted by atomic mass is 16.5. The molecule has 2 aromatic heterocycles. The van der Waals surface area contributed by atoms with Gasteiger partial charge in [0, 0.05) is 38.8 Å². The molecule has 0 saturated carbocycles. The zero-order chi connectivity index (χ0) is 15.5. The molecular formula is C15H18N4O3. The average Bonchev–Trinajstić information content (AvgIpc) is 2.95. The first-order valence-electron chi connectivity index (χ1n) is 7.10. The maximum Gasteiger partial charge on any atom is 0.319 e. The van der Waals surface area contributed by atoms with Crippen LogP contribution in [-0.4, -0.2) is 46.6 Å². The molecular weight excluding hydrogens is 284 g/mol. The van der Waals surface area contributed by atoms with E-state index in [0.29, 0.717) is 31.9 Å². The molecule has 1 aliphatic heterocycles. The van der Waals surface area contributed by atoms with Crippen LogP contribution in [0.2, 0.25) is 0 Å². The lowest BCUT2D eigenvalue weighted by Gasteiger charge is -2.28. The fourth-order valence-corrected chi connectivity index (χ4v) is 2.41. The molecule has 2 aromatic rings. The summed E-state index contributed by atoms with van der Waals surface area (Å²) in [6, 6.07) is 3.64. The molecule has 0 spiro atoms. The predicted octanol–water partition coefficient (Wildman–Crippen LogP) is 1.69. The summed E-state index contributed by atoms with van der Waals surface area (Å²) in [6.45, 7) is 1.44. The van der Waals surface area contributed by atoms with Crippen molar-refractivity contribution in [3.05, 3.63) is 41.5 Å². The third kappa shape index (κ3) is 2.88. The second-order valence-corrected chi connectivity index (χ2v) is 5.36. The fraction of sp³-hybridized carbons (Fsp3) is 0.400. The summed E-state index contributed by atoms with van der Waals surface area (Å²) in [5, 5.41) is 4.08. The Morgan fingerprint density at radius 2 is 2.36 bits per heavy atom. The van der Waals surface area contributed by atoms with Gasteiger partial charge in [-0.1, -0.05) is 5.16 Å². The molecule has 22 heavy (non-hydrogen) atoms.